The van der Waals surface area contributed by atoms with Crippen molar-refractivity contribution in [3.63, 3.8) is 0 Å². The zero-order valence-corrected chi connectivity index (χ0v) is 12.3. The van der Waals surface area contributed by atoms with Crippen molar-refractivity contribution >= 4 is 0 Å². The molecule has 0 amide bonds. The molecule has 0 spiro atoms. The molecule has 0 aliphatic carbocycles. The number of aryl methyl sites for hydroxylation is 1. The lowest BCUT2D eigenvalue weighted by atomic mass is 10.1. The Hall–Kier alpha value is -1.95. The summed E-state index contributed by atoms with van der Waals surface area (Å²) in [6.45, 7) is 8.85. The van der Waals surface area contributed by atoms with E-state index in [0.29, 0.717) is 17.9 Å². The summed E-state index contributed by atoms with van der Waals surface area (Å²) >= 11 is 0. The summed E-state index contributed by atoms with van der Waals surface area (Å²) in [6, 6.07) is 1.51. The fourth-order valence-corrected chi connectivity index (χ4v) is 1.75. The SMILES string of the molecule is Cc1cc(=O)c(-c2nnc(CCNC(C)(C)C)o2)c[nH]1. The number of pyridine rings is 1. The smallest absolute Gasteiger partial charge is 0.253 e. The minimum Gasteiger partial charge on any atom is -0.420 e. The Morgan fingerprint density at radius 2 is 2.10 bits per heavy atom. The van der Waals surface area contributed by atoms with E-state index in [4.69, 9.17) is 4.42 Å². The quantitative estimate of drug-likeness (QED) is 0.887. The van der Waals surface area contributed by atoms with Crippen LogP contribution in [0.25, 0.3) is 11.5 Å². The van der Waals surface area contributed by atoms with Gasteiger partial charge in [-0.25, -0.2) is 0 Å². The highest BCUT2D eigenvalue weighted by molar-refractivity contribution is 5.50. The minimum atomic E-state index is -0.121. The van der Waals surface area contributed by atoms with Crippen molar-refractivity contribution in [2.45, 2.75) is 39.7 Å². The monoisotopic (exact) mass is 276 g/mol. The van der Waals surface area contributed by atoms with Crippen molar-refractivity contribution in [3.8, 4) is 11.5 Å². The van der Waals surface area contributed by atoms with E-state index >= 15 is 0 Å². The van der Waals surface area contributed by atoms with Gasteiger partial charge in [0, 0.05) is 36.5 Å². The fourth-order valence-electron chi connectivity index (χ4n) is 1.75. The molecule has 0 aliphatic heterocycles. The van der Waals surface area contributed by atoms with Crippen LogP contribution in [0.3, 0.4) is 0 Å². The van der Waals surface area contributed by atoms with Gasteiger partial charge in [-0.15, -0.1) is 10.2 Å². The second kappa shape index (κ2) is 5.58. The number of hydrogen-bond acceptors (Lipinski definition) is 5. The molecule has 0 aromatic carbocycles. The molecule has 0 radical (unpaired) electrons. The molecular weight excluding hydrogens is 256 g/mol. The molecule has 0 saturated heterocycles. The van der Waals surface area contributed by atoms with E-state index in [-0.39, 0.29) is 16.9 Å². The Labute approximate surface area is 117 Å². The number of aromatic amines is 1. The third kappa shape index (κ3) is 3.77. The summed E-state index contributed by atoms with van der Waals surface area (Å²) in [4.78, 5) is 14.8. The van der Waals surface area contributed by atoms with Crippen molar-refractivity contribution < 1.29 is 4.42 Å². The molecule has 2 heterocycles. The van der Waals surface area contributed by atoms with Gasteiger partial charge in [-0.1, -0.05) is 0 Å². The van der Waals surface area contributed by atoms with Crippen LogP contribution in [0.1, 0.15) is 32.4 Å². The van der Waals surface area contributed by atoms with Gasteiger partial charge in [0.2, 0.25) is 5.89 Å². The molecule has 2 rings (SSSR count). The number of aromatic nitrogens is 3. The molecule has 108 valence electrons. The van der Waals surface area contributed by atoms with E-state index in [0.717, 1.165) is 12.2 Å². The largest absolute Gasteiger partial charge is 0.420 e. The molecule has 0 atom stereocenters. The molecule has 2 N–H and O–H groups in total. The van der Waals surface area contributed by atoms with Gasteiger partial charge in [-0.05, 0) is 27.7 Å². The molecule has 2 aromatic heterocycles. The highest BCUT2D eigenvalue weighted by atomic mass is 16.4. The minimum absolute atomic E-state index is 0.0525. The van der Waals surface area contributed by atoms with E-state index < -0.39 is 0 Å². The average molecular weight is 276 g/mol. The van der Waals surface area contributed by atoms with Gasteiger partial charge < -0.3 is 14.7 Å². The Morgan fingerprint density at radius 1 is 1.35 bits per heavy atom. The maximum atomic E-state index is 11.8. The van der Waals surface area contributed by atoms with Crippen molar-refractivity contribution in [2.75, 3.05) is 6.54 Å². The summed E-state index contributed by atoms with van der Waals surface area (Å²) in [5.74, 6) is 0.786. The molecular formula is C14H20N4O2. The second-order valence-electron chi connectivity index (χ2n) is 5.82. The van der Waals surface area contributed by atoms with Crippen molar-refractivity contribution in [1.82, 2.24) is 20.5 Å². The van der Waals surface area contributed by atoms with Crippen LogP contribution < -0.4 is 10.7 Å². The number of nitrogens with zero attached hydrogens (tertiary/aromatic N) is 2. The van der Waals surface area contributed by atoms with Crippen LogP contribution in [0.5, 0.6) is 0 Å². The highest BCUT2D eigenvalue weighted by Crippen LogP contribution is 2.13. The molecule has 0 saturated carbocycles. The first-order valence-electron chi connectivity index (χ1n) is 6.62. The van der Waals surface area contributed by atoms with Gasteiger partial charge in [-0.2, -0.15) is 0 Å². The van der Waals surface area contributed by atoms with Crippen molar-refractivity contribution in [2.24, 2.45) is 0 Å². The number of H-pyrrole nitrogens is 1. The van der Waals surface area contributed by atoms with Crippen LogP contribution in [0.15, 0.2) is 21.5 Å². The number of hydrogen-bond donors (Lipinski definition) is 2. The Bertz CT molecular complexity index is 637. The molecule has 0 fully saturated rings. The summed E-state index contributed by atoms with van der Waals surface area (Å²) in [6.07, 6.45) is 2.23. The molecule has 6 heteroatoms. The summed E-state index contributed by atoms with van der Waals surface area (Å²) in [5.41, 5.74) is 1.13. The second-order valence-corrected chi connectivity index (χ2v) is 5.82. The lowest BCUT2D eigenvalue weighted by molar-refractivity contribution is 0.411. The van der Waals surface area contributed by atoms with Crippen LogP contribution in [0, 0.1) is 6.92 Å². The van der Waals surface area contributed by atoms with Crippen LogP contribution in [-0.2, 0) is 6.42 Å². The molecule has 6 nitrogen and oxygen atoms in total. The van der Waals surface area contributed by atoms with E-state index in [1.807, 2.05) is 6.92 Å². The zero-order chi connectivity index (χ0) is 14.8. The van der Waals surface area contributed by atoms with Gasteiger partial charge in [0.05, 0.1) is 0 Å². The molecule has 0 aliphatic rings. The lowest BCUT2D eigenvalue weighted by Gasteiger charge is -2.19. The topological polar surface area (TPSA) is 83.8 Å². The van der Waals surface area contributed by atoms with Crippen LogP contribution in [0.4, 0.5) is 0 Å². The summed E-state index contributed by atoms with van der Waals surface area (Å²) < 4.78 is 5.52. The molecule has 0 bridgehead atoms. The lowest BCUT2D eigenvalue weighted by Crippen LogP contribution is -2.37. The Morgan fingerprint density at radius 3 is 2.75 bits per heavy atom. The normalized spacial score (nSPS) is 11.8. The molecule has 0 unspecified atom stereocenters. The maximum absolute atomic E-state index is 11.8. The first kappa shape index (κ1) is 14.5. The van der Waals surface area contributed by atoms with Crippen LogP contribution in [-0.4, -0.2) is 27.3 Å². The van der Waals surface area contributed by atoms with Crippen LogP contribution >= 0.6 is 0 Å². The highest BCUT2D eigenvalue weighted by Gasteiger charge is 2.13. The maximum Gasteiger partial charge on any atom is 0.253 e. The average Bonchev–Trinajstić information content (AvgIpc) is 2.75. The Balaban J connectivity index is 2.07. The first-order chi connectivity index (χ1) is 9.35. The predicted molar refractivity (Wildman–Crippen MR) is 76.6 cm³/mol. The summed E-state index contributed by atoms with van der Waals surface area (Å²) in [7, 11) is 0. The first-order valence-corrected chi connectivity index (χ1v) is 6.62. The van der Waals surface area contributed by atoms with Gasteiger partial charge in [-0.3, -0.25) is 4.79 Å². The number of rotatable bonds is 4. The van der Waals surface area contributed by atoms with E-state index in [9.17, 15) is 4.79 Å². The molecule has 20 heavy (non-hydrogen) atoms. The number of nitrogens with one attached hydrogen (secondary N) is 2. The third-order valence-electron chi connectivity index (χ3n) is 2.75. The Kier molecular flexibility index (Phi) is 4.04. The van der Waals surface area contributed by atoms with Gasteiger partial charge in [0.1, 0.15) is 5.56 Å². The van der Waals surface area contributed by atoms with Crippen molar-refractivity contribution in [3.05, 3.63) is 34.1 Å². The van der Waals surface area contributed by atoms with E-state index in [1.165, 1.54) is 6.07 Å². The fraction of sp³-hybridized carbons (Fsp3) is 0.500. The van der Waals surface area contributed by atoms with E-state index in [1.54, 1.807) is 6.20 Å². The zero-order valence-electron chi connectivity index (χ0n) is 12.3. The summed E-state index contributed by atoms with van der Waals surface area (Å²) in [5, 5.41) is 11.2. The third-order valence-corrected chi connectivity index (χ3v) is 2.75. The standard InChI is InChI=1S/C14H20N4O2/c1-9-7-11(19)10(8-15-9)13-18-17-12(20-13)5-6-16-14(2,3)4/h7-8,16H,5-6H2,1-4H3,(H,15,19). The van der Waals surface area contributed by atoms with E-state index in [2.05, 4.69) is 41.3 Å². The van der Waals surface area contributed by atoms with Gasteiger partial charge in [0.25, 0.3) is 5.89 Å². The molecule has 2 aromatic rings. The van der Waals surface area contributed by atoms with Crippen LogP contribution in [0.2, 0.25) is 0 Å². The van der Waals surface area contributed by atoms with Gasteiger partial charge >= 0.3 is 0 Å². The van der Waals surface area contributed by atoms with Gasteiger partial charge in [0.15, 0.2) is 5.43 Å². The van der Waals surface area contributed by atoms with Crippen molar-refractivity contribution in [1.29, 1.82) is 0 Å². The predicted octanol–water partition coefficient (Wildman–Crippen LogP) is 1.66.